The molecule has 0 radical (unpaired) electrons. The van der Waals surface area contributed by atoms with Gasteiger partial charge in [0.25, 0.3) is 0 Å². The maximum atomic E-state index is 11.9. The van der Waals surface area contributed by atoms with Crippen molar-refractivity contribution in [1.82, 2.24) is 0 Å². The molecule has 0 spiro atoms. The van der Waals surface area contributed by atoms with Crippen molar-refractivity contribution in [2.24, 2.45) is 0 Å². The molecule has 0 unspecified atom stereocenters. The molecule has 1 heterocycles. The largest absolute Gasteiger partial charge is 0.545 e. The van der Waals surface area contributed by atoms with Crippen LogP contribution in [-0.4, -0.2) is 25.0 Å². The molecule has 1 aliphatic rings. The molecule has 21 heavy (non-hydrogen) atoms. The number of esters is 1. The third-order valence-corrected chi connectivity index (χ3v) is 4.38. The third-order valence-electron chi connectivity index (χ3n) is 3.17. The van der Waals surface area contributed by atoms with Crippen molar-refractivity contribution >= 4 is 34.2 Å². The first-order valence-corrected chi connectivity index (χ1v) is 7.27. The summed E-state index contributed by atoms with van der Waals surface area (Å²) in [5.41, 5.74) is 1.31. The van der Waals surface area contributed by atoms with Gasteiger partial charge < -0.3 is 20.0 Å². The Balaban J connectivity index is 2.30. The van der Waals surface area contributed by atoms with E-state index in [2.05, 4.69) is 5.32 Å². The number of ether oxygens (including phenoxy) is 1. The van der Waals surface area contributed by atoms with E-state index >= 15 is 0 Å². The first-order chi connectivity index (χ1) is 10.0. The van der Waals surface area contributed by atoms with E-state index in [-0.39, 0.29) is 0 Å². The van der Waals surface area contributed by atoms with Gasteiger partial charge in [0.1, 0.15) is 5.00 Å². The van der Waals surface area contributed by atoms with Crippen molar-refractivity contribution in [1.29, 1.82) is 0 Å². The smallest absolute Gasteiger partial charge is 0.341 e. The number of amides is 1. The van der Waals surface area contributed by atoms with Crippen molar-refractivity contribution in [2.75, 3.05) is 12.4 Å². The van der Waals surface area contributed by atoms with Gasteiger partial charge in [-0.25, -0.2) is 4.79 Å². The van der Waals surface area contributed by atoms with Gasteiger partial charge >= 0.3 is 5.97 Å². The Morgan fingerprint density at radius 1 is 1.24 bits per heavy atom. The number of nitrogens with one attached hydrogen (secondary N) is 1. The van der Waals surface area contributed by atoms with E-state index in [1.165, 1.54) is 18.4 Å². The minimum Gasteiger partial charge on any atom is -0.545 e. The molecule has 0 saturated heterocycles. The fourth-order valence-corrected chi connectivity index (χ4v) is 3.55. The summed E-state index contributed by atoms with van der Waals surface area (Å²) in [6.07, 6.45) is 5.18. The fourth-order valence-electron chi connectivity index (χ4n) is 2.27. The van der Waals surface area contributed by atoms with Crippen LogP contribution in [0.1, 0.15) is 33.6 Å². The zero-order chi connectivity index (χ0) is 15.4. The number of rotatable bonds is 4. The number of hydrogen-bond donors (Lipinski definition) is 1. The molecule has 1 amide bonds. The molecule has 0 aromatic carbocycles. The summed E-state index contributed by atoms with van der Waals surface area (Å²) in [6, 6.07) is 0. The summed E-state index contributed by atoms with van der Waals surface area (Å²) in [4.78, 5) is 34.9. The highest BCUT2D eigenvalue weighted by Crippen LogP contribution is 2.38. The zero-order valence-electron chi connectivity index (χ0n) is 11.4. The number of methoxy groups -OCH3 is 1. The molecule has 6 nitrogen and oxygen atoms in total. The van der Waals surface area contributed by atoms with Crippen LogP contribution < -0.4 is 10.4 Å². The maximum absolute atomic E-state index is 11.9. The van der Waals surface area contributed by atoms with Gasteiger partial charge in [-0.2, -0.15) is 0 Å². The molecular formula is C14H14NO5S-. The molecule has 1 aromatic rings. The van der Waals surface area contributed by atoms with Gasteiger partial charge in [0.2, 0.25) is 5.91 Å². The van der Waals surface area contributed by atoms with E-state index in [1.54, 1.807) is 0 Å². The Morgan fingerprint density at radius 3 is 2.62 bits per heavy atom. The predicted octanol–water partition coefficient (Wildman–Crippen LogP) is 0.658. The van der Waals surface area contributed by atoms with E-state index in [4.69, 9.17) is 4.74 Å². The summed E-state index contributed by atoms with van der Waals surface area (Å²) in [6.45, 7) is 0. The maximum Gasteiger partial charge on any atom is 0.341 e. The van der Waals surface area contributed by atoms with E-state index in [1.807, 2.05) is 0 Å². The molecule has 0 saturated carbocycles. The first kappa shape index (κ1) is 15.2. The number of hydrogen-bond acceptors (Lipinski definition) is 6. The van der Waals surface area contributed by atoms with Crippen LogP contribution in [0.4, 0.5) is 5.00 Å². The quantitative estimate of drug-likeness (QED) is 0.651. The number of carboxylic acid groups (broad SMARTS) is 1. The Labute approximate surface area is 125 Å². The van der Waals surface area contributed by atoms with Crippen LogP contribution in [0.15, 0.2) is 12.2 Å². The van der Waals surface area contributed by atoms with Crippen LogP contribution in [0.2, 0.25) is 0 Å². The Bertz CT molecular complexity index is 617. The van der Waals surface area contributed by atoms with Gasteiger partial charge in [0, 0.05) is 11.0 Å². The molecule has 1 aromatic heterocycles. The Hall–Kier alpha value is -2.15. The summed E-state index contributed by atoms with van der Waals surface area (Å²) < 4.78 is 4.78. The number of fused-ring (bicyclic) bond motifs is 1. The molecule has 0 atom stereocenters. The monoisotopic (exact) mass is 308 g/mol. The number of carbonyl (C=O) groups excluding carboxylic acids is 3. The number of carbonyl (C=O) groups is 3. The lowest BCUT2D eigenvalue weighted by Crippen LogP contribution is -2.20. The highest BCUT2D eigenvalue weighted by molar-refractivity contribution is 7.17. The summed E-state index contributed by atoms with van der Waals surface area (Å²) in [7, 11) is 1.29. The number of thiophene rings is 1. The summed E-state index contributed by atoms with van der Waals surface area (Å²) in [5, 5.41) is 13.2. The van der Waals surface area contributed by atoms with Gasteiger partial charge in [0.15, 0.2) is 0 Å². The molecule has 1 N–H and O–H groups in total. The molecular weight excluding hydrogens is 294 g/mol. The lowest BCUT2D eigenvalue weighted by Gasteiger charge is -2.11. The average molecular weight is 308 g/mol. The number of carboxylic acids is 1. The van der Waals surface area contributed by atoms with Gasteiger partial charge in [-0.05, 0) is 37.3 Å². The second-order valence-corrected chi connectivity index (χ2v) is 5.65. The SMILES string of the molecule is COC(=O)c1c(NC(=O)C=CC(=O)[O-])sc2c1CCCC2. The van der Waals surface area contributed by atoms with Crippen LogP contribution in [-0.2, 0) is 27.2 Å². The van der Waals surface area contributed by atoms with Crippen molar-refractivity contribution in [3.8, 4) is 0 Å². The summed E-state index contributed by atoms with van der Waals surface area (Å²) >= 11 is 1.34. The molecule has 0 aliphatic heterocycles. The van der Waals surface area contributed by atoms with Crippen molar-refractivity contribution in [3.63, 3.8) is 0 Å². The Kier molecular flexibility index (Phi) is 4.74. The second kappa shape index (κ2) is 6.53. The van der Waals surface area contributed by atoms with Gasteiger partial charge in [0.05, 0.1) is 18.6 Å². The highest BCUT2D eigenvalue weighted by Gasteiger charge is 2.26. The van der Waals surface area contributed by atoms with Crippen LogP contribution in [0.5, 0.6) is 0 Å². The normalized spacial score (nSPS) is 13.8. The van der Waals surface area contributed by atoms with Gasteiger partial charge in [-0.15, -0.1) is 11.3 Å². The van der Waals surface area contributed by atoms with Crippen LogP contribution in [0, 0.1) is 0 Å². The number of aliphatic carboxylic acids is 1. The lowest BCUT2D eigenvalue weighted by atomic mass is 9.95. The fraction of sp³-hybridized carbons (Fsp3) is 0.357. The van der Waals surface area contributed by atoms with Crippen LogP contribution in [0.25, 0.3) is 0 Å². The average Bonchev–Trinajstić information content (AvgIpc) is 2.82. The summed E-state index contributed by atoms with van der Waals surface area (Å²) in [5.74, 6) is -2.57. The topological polar surface area (TPSA) is 95.5 Å². The van der Waals surface area contributed by atoms with E-state index < -0.39 is 17.8 Å². The van der Waals surface area contributed by atoms with Gasteiger partial charge in [-0.3, -0.25) is 4.79 Å². The zero-order valence-corrected chi connectivity index (χ0v) is 12.2. The molecule has 1 aliphatic carbocycles. The number of aryl methyl sites for hydroxylation is 1. The molecule has 0 fully saturated rings. The molecule has 0 bridgehead atoms. The third kappa shape index (κ3) is 3.49. The van der Waals surface area contributed by atoms with E-state index in [0.29, 0.717) is 16.6 Å². The van der Waals surface area contributed by atoms with Crippen molar-refractivity contribution in [2.45, 2.75) is 25.7 Å². The highest BCUT2D eigenvalue weighted by atomic mass is 32.1. The lowest BCUT2D eigenvalue weighted by molar-refractivity contribution is -0.297. The minimum atomic E-state index is -1.45. The first-order valence-electron chi connectivity index (χ1n) is 6.45. The minimum absolute atomic E-state index is 0.382. The molecule has 2 rings (SSSR count). The molecule has 112 valence electrons. The predicted molar refractivity (Wildman–Crippen MR) is 75.1 cm³/mol. The van der Waals surface area contributed by atoms with E-state index in [9.17, 15) is 19.5 Å². The van der Waals surface area contributed by atoms with Crippen LogP contribution in [0.3, 0.4) is 0 Å². The van der Waals surface area contributed by atoms with Crippen molar-refractivity contribution < 1.29 is 24.2 Å². The standard InChI is InChI=1S/C14H15NO5S/c1-20-14(19)12-8-4-2-3-5-9(8)21-13(12)15-10(16)6-7-11(17)18/h6-7H,2-5H2,1H3,(H,15,16)(H,17,18)/p-1. The Morgan fingerprint density at radius 2 is 1.95 bits per heavy atom. The van der Waals surface area contributed by atoms with Crippen molar-refractivity contribution in [3.05, 3.63) is 28.2 Å². The second-order valence-electron chi connectivity index (χ2n) is 4.55. The van der Waals surface area contributed by atoms with Crippen LogP contribution >= 0.6 is 11.3 Å². The van der Waals surface area contributed by atoms with Gasteiger partial charge in [-0.1, -0.05) is 0 Å². The molecule has 7 heteroatoms. The van der Waals surface area contributed by atoms with E-state index in [0.717, 1.165) is 42.2 Å². The number of anilines is 1.